The van der Waals surface area contributed by atoms with Gasteiger partial charge in [0.1, 0.15) is 11.6 Å². The zero-order valence-electron chi connectivity index (χ0n) is 29.9. The van der Waals surface area contributed by atoms with Crippen molar-refractivity contribution in [1.29, 1.82) is 0 Å². The minimum absolute atomic E-state index is 0.00685. The van der Waals surface area contributed by atoms with Gasteiger partial charge in [0, 0.05) is 19.0 Å². The Morgan fingerprint density at radius 2 is 1.78 bits per heavy atom. The van der Waals surface area contributed by atoms with Crippen LogP contribution in [0.15, 0.2) is 18.2 Å². The van der Waals surface area contributed by atoms with E-state index < -0.39 is 75.7 Å². The van der Waals surface area contributed by atoms with Gasteiger partial charge in [0.25, 0.3) is 5.91 Å². The monoisotopic (exact) mass is 730 g/mol. The van der Waals surface area contributed by atoms with Gasteiger partial charge in [-0.25, -0.2) is 18.5 Å². The van der Waals surface area contributed by atoms with E-state index in [-0.39, 0.29) is 37.2 Å². The van der Waals surface area contributed by atoms with Crippen LogP contribution in [0, 0.1) is 23.2 Å². The summed E-state index contributed by atoms with van der Waals surface area (Å²) in [6.07, 6.45) is 3.26. The van der Waals surface area contributed by atoms with Crippen molar-refractivity contribution in [3.05, 3.63) is 34.9 Å². The zero-order chi connectivity index (χ0) is 36.8. The number of ether oxygens (including phenoxy) is 2. The molecule has 2 heterocycles. The number of fused-ring (bicyclic) bond motifs is 3. The van der Waals surface area contributed by atoms with Crippen molar-refractivity contribution in [2.75, 3.05) is 13.2 Å². The molecule has 0 spiro atoms. The maximum Gasteiger partial charge on any atom is 0.410 e. The maximum absolute atomic E-state index is 14.0. The standard InChI is InChI=1S/C36H50N4O10S/c1-5-24-17-36(24,31(43)39-51(46,47)50-35(4)13-14-35)38-30(42)27-16-25-15-26(27)29(41)18-37-32(44)48-21-34(2,3)12-7-6-9-22-10-8-11-23-19-40(20-28(22)23)33(45)49-25/h8,10-11,24-27H,5-7,9,12-21H2,1-4H3,(H,37,44)(H,38,42)(H,39,43)/t24-,25+,26?,27-,36-/m1/s1. The first-order valence-corrected chi connectivity index (χ1v) is 19.5. The van der Waals surface area contributed by atoms with Crippen LogP contribution >= 0.6 is 0 Å². The first-order chi connectivity index (χ1) is 24.0. The van der Waals surface area contributed by atoms with Gasteiger partial charge >= 0.3 is 22.5 Å². The lowest BCUT2D eigenvalue weighted by atomic mass is 9.87. The molecule has 14 nitrogen and oxygen atoms in total. The molecule has 0 aromatic heterocycles. The van der Waals surface area contributed by atoms with Crippen LogP contribution in [0.5, 0.6) is 0 Å². The van der Waals surface area contributed by atoms with E-state index in [0.717, 1.165) is 36.8 Å². The predicted octanol–water partition coefficient (Wildman–Crippen LogP) is 3.80. The second-order valence-corrected chi connectivity index (χ2v) is 17.3. The van der Waals surface area contributed by atoms with Crippen LogP contribution in [-0.4, -0.2) is 73.5 Å². The lowest BCUT2D eigenvalue weighted by molar-refractivity contribution is -0.135. The Balaban J connectivity index is 1.19. The average molecular weight is 731 g/mol. The Morgan fingerprint density at radius 1 is 1.04 bits per heavy atom. The van der Waals surface area contributed by atoms with E-state index in [2.05, 4.69) is 16.7 Å². The van der Waals surface area contributed by atoms with Crippen LogP contribution in [0.1, 0.15) is 102 Å². The zero-order valence-corrected chi connectivity index (χ0v) is 30.7. The summed E-state index contributed by atoms with van der Waals surface area (Å²) < 4.78 is 43.8. The molecule has 1 unspecified atom stereocenters. The van der Waals surface area contributed by atoms with Crippen molar-refractivity contribution in [3.63, 3.8) is 0 Å². The van der Waals surface area contributed by atoms with E-state index >= 15 is 0 Å². The molecule has 1 aromatic rings. The third kappa shape index (κ3) is 8.51. The molecule has 51 heavy (non-hydrogen) atoms. The fourth-order valence-electron chi connectivity index (χ4n) is 7.77. The summed E-state index contributed by atoms with van der Waals surface area (Å²) >= 11 is 0. The third-order valence-corrected chi connectivity index (χ3v) is 12.3. The number of rotatable bonds is 7. The summed E-state index contributed by atoms with van der Waals surface area (Å²) in [7, 11) is -4.43. The van der Waals surface area contributed by atoms with Gasteiger partial charge in [-0.2, -0.15) is 8.42 Å². The molecule has 5 atom stereocenters. The minimum Gasteiger partial charge on any atom is -0.449 e. The summed E-state index contributed by atoms with van der Waals surface area (Å²) in [5, 5.41) is 5.29. The summed E-state index contributed by atoms with van der Waals surface area (Å²) in [5.41, 5.74) is 0.697. The number of carbonyl (C=O) groups excluding carboxylic acids is 5. The van der Waals surface area contributed by atoms with Crippen molar-refractivity contribution in [2.24, 2.45) is 23.2 Å². The molecule has 6 rings (SSSR count). The lowest BCUT2D eigenvalue weighted by Gasteiger charge is -2.25. The normalized spacial score (nSPS) is 30.4. The molecule has 15 heteroatoms. The Kier molecular flexibility index (Phi) is 10.2. The van der Waals surface area contributed by atoms with Gasteiger partial charge in [0.2, 0.25) is 5.91 Å². The number of Topliss-reactive ketones (excluding diaryl/α,β-unsaturated/α-hetero) is 1. The van der Waals surface area contributed by atoms with Crippen LogP contribution in [-0.2, 0) is 57.9 Å². The minimum atomic E-state index is -4.43. The van der Waals surface area contributed by atoms with Crippen LogP contribution in [0.3, 0.4) is 0 Å². The van der Waals surface area contributed by atoms with Crippen LogP contribution in [0.25, 0.3) is 0 Å². The van der Waals surface area contributed by atoms with Gasteiger partial charge < -0.3 is 20.1 Å². The molecule has 4 bridgehead atoms. The highest BCUT2D eigenvalue weighted by Crippen LogP contribution is 2.48. The lowest BCUT2D eigenvalue weighted by Crippen LogP contribution is -2.54. The largest absolute Gasteiger partial charge is 0.449 e. The van der Waals surface area contributed by atoms with E-state index in [1.165, 1.54) is 5.56 Å². The molecule has 3 aliphatic carbocycles. The highest BCUT2D eigenvalue weighted by Gasteiger charge is 2.62. The molecule has 0 saturated heterocycles. The number of amides is 4. The fraction of sp³-hybridized carbons (Fsp3) is 0.694. The predicted molar refractivity (Wildman–Crippen MR) is 183 cm³/mol. The van der Waals surface area contributed by atoms with Crippen LogP contribution in [0.4, 0.5) is 9.59 Å². The van der Waals surface area contributed by atoms with Crippen LogP contribution in [0.2, 0.25) is 0 Å². The van der Waals surface area contributed by atoms with Gasteiger partial charge in [-0.3, -0.25) is 19.3 Å². The molecule has 3 saturated carbocycles. The molecule has 1 aromatic carbocycles. The number of benzene rings is 1. The quantitative estimate of drug-likeness (QED) is 0.373. The second kappa shape index (κ2) is 14.0. The van der Waals surface area contributed by atoms with Gasteiger partial charge in [0.05, 0.1) is 24.7 Å². The number of hydrogen-bond acceptors (Lipinski definition) is 10. The summed E-state index contributed by atoms with van der Waals surface area (Å²) in [4.78, 5) is 68.8. The number of carbonyl (C=O) groups is 5. The van der Waals surface area contributed by atoms with E-state index in [9.17, 15) is 32.4 Å². The van der Waals surface area contributed by atoms with Gasteiger partial charge in [-0.05, 0) is 86.3 Å². The summed E-state index contributed by atoms with van der Waals surface area (Å²) in [5.74, 6) is -4.28. The van der Waals surface area contributed by atoms with Crippen molar-refractivity contribution < 1.29 is 46.0 Å². The Bertz CT molecular complexity index is 1690. The number of hydrogen-bond donors (Lipinski definition) is 3. The number of cyclic esters (lactones) is 1. The van der Waals surface area contributed by atoms with Crippen molar-refractivity contribution >= 4 is 40.1 Å². The van der Waals surface area contributed by atoms with Gasteiger partial charge in [0.15, 0.2) is 5.78 Å². The van der Waals surface area contributed by atoms with Crippen molar-refractivity contribution in [1.82, 2.24) is 20.3 Å². The molecule has 3 fully saturated rings. The SMILES string of the molecule is CC[C@@H]1C[C@]1(NC(=O)[C@@H]1C[C@@H]2CC1C(=O)CNC(=O)OCC(C)(C)CCCCc1cccc3c1CN(C3)C(=O)O2)C(=O)NS(=O)(=O)OC1(C)CC1. The maximum atomic E-state index is 14.0. The summed E-state index contributed by atoms with van der Waals surface area (Å²) in [6, 6.07) is 6.09. The molecular formula is C36H50N4O10S. The topological polar surface area (TPSA) is 187 Å². The molecule has 5 aliphatic rings. The van der Waals surface area contributed by atoms with Gasteiger partial charge in [-0.15, -0.1) is 0 Å². The molecule has 0 radical (unpaired) electrons. The highest BCUT2D eigenvalue weighted by molar-refractivity contribution is 7.85. The fourth-order valence-corrected chi connectivity index (χ4v) is 8.92. The number of alkyl carbamates (subject to hydrolysis) is 1. The molecule has 3 N–H and O–H groups in total. The number of ketones is 1. The van der Waals surface area contributed by atoms with E-state index in [0.29, 0.717) is 32.4 Å². The molecule has 280 valence electrons. The second-order valence-electron chi connectivity index (χ2n) is 16.1. The number of nitrogens with zero attached hydrogens (tertiary/aromatic N) is 1. The highest BCUT2D eigenvalue weighted by atomic mass is 32.2. The van der Waals surface area contributed by atoms with E-state index in [1.54, 1.807) is 11.8 Å². The first-order valence-electron chi connectivity index (χ1n) is 18.1. The van der Waals surface area contributed by atoms with E-state index in [1.807, 2.05) is 37.6 Å². The smallest absolute Gasteiger partial charge is 0.410 e. The molecular weight excluding hydrogens is 680 g/mol. The third-order valence-electron chi connectivity index (χ3n) is 11.3. The van der Waals surface area contributed by atoms with Crippen LogP contribution < -0.4 is 15.4 Å². The van der Waals surface area contributed by atoms with Crippen molar-refractivity contribution in [2.45, 2.75) is 122 Å². The number of aryl methyl sites for hydroxylation is 1. The van der Waals surface area contributed by atoms with Crippen molar-refractivity contribution in [3.8, 4) is 0 Å². The first kappa shape index (κ1) is 37.1. The summed E-state index contributed by atoms with van der Waals surface area (Å²) in [6.45, 7) is 8.05. The van der Waals surface area contributed by atoms with E-state index in [4.69, 9.17) is 13.7 Å². The number of nitrogens with one attached hydrogen (secondary N) is 3. The van der Waals surface area contributed by atoms with Gasteiger partial charge in [-0.1, -0.05) is 51.8 Å². The molecule has 2 aliphatic heterocycles. The molecule has 4 amide bonds. The average Bonchev–Trinajstić information content (AvgIpc) is 3.83. The Labute approximate surface area is 299 Å². The Hall–Kier alpha value is -3.72. The Morgan fingerprint density at radius 3 is 2.49 bits per heavy atom.